The molecule has 1 aromatic rings. The molecule has 0 radical (unpaired) electrons. The predicted octanol–water partition coefficient (Wildman–Crippen LogP) is 1.58. The highest BCUT2D eigenvalue weighted by atomic mass is 32.2. The van der Waals surface area contributed by atoms with Crippen LogP contribution in [0.15, 0.2) is 23.1 Å². The molecule has 0 aliphatic rings. The van der Waals surface area contributed by atoms with E-state index >= 15 is 0 Å². The maximum atomic E-state index is 12.3. The molecule has 0 heterocycles. The van der Waals surface area contributed by atoms with Crippen LogP contribution in [0.1, 0.15) is 20.3 Å². The molecule has 1 rings (SSSR count). The first kappa shape index (κ1) is 19.1. The quantitative estimate of drug-likeness (QED) is 0.747. The molecule has 1 unspecified atom stereocenters. The van der Waals surface area contributed by atoms with Crippen molar-refractivity contribution in [2.24, 2.45) is 0 Å². The van der Waals surface area contributed by atoms with Crippen molar-refractivity contribution in [3.05, 3.63) is 18.2 Å². The summed E-state index contributed by atoms with van der Waals surface area (Å²) in [5.74, 6) is 0.602. The molecule has 2 amide bonds. The third-order valence-electron chi connectivity index (χ3n) is 3.36. The lowest BCUT2D eigenvalue weighted by Gasteiger charge is -2.13. The third-order valence-corrected chi connectivity index (χ3v) is 5.07. The average molecular weight is 344 g/mol. The van der Waals surface area contributed by atoms with Gasteiger partial charge in [-0.1, -0.05) is 6.92 Å². The van der Waals surface area contributed by atoms with Crippen molar-refractivity contribution in [2.45, 2.75) is 31.2 Å². The Morgan fingerprint density at radius 2 is 1.87 bits per heavy atom. The molecule has 0 bridgehead atoms. The van der Waals surface area contributed by atoms with Gasteiger partial charge in [-0.2, -0.15) is 0 Å². The van der Waals surface area contributed by atoms with Gasteiger partial charge in [0.05, 0.1) is 24.9 Å². The lowest BCUT2D eigenvalue weighted by molar-refractivity contribution is 0.238. The summed E-state index contributed by atoms with van der Waals surface area (Å²) in [6.07, 6.45) is 0.803. The van der Waals surface area contributed by atoms with E-state index in [4.69, 9.17) is 9.47 Å². The molecule has 23 heavy (non-hydrogen) atoms. The fourth-order valence-electron chi connectivity index (χ4n) is 1.80. The predicted molar refractivity (Wildman–Crippen MR) is 87.9 cm³/mol. The summed E-state index contributed by atoms with van der Waals surface area (Å²) in [6.45, 7) is 3.85. The van der Waals surface area contributed by atoms with Crippen molar-refractivity contribution >= 4 is 15.9 Å². The number of urea groups is 1. The number of benzene rings is 1. The summed E-state index contributed by atoms with van der Waals surface area (Å²) in [5.41, 5.74) is 0. The lowest BCUT2D eigenvalue weighted by atomic mass is 10.3. The molecule has 0 aliphatic carbocycles. The number of ether oxygens (including phenoxy) is 2. The molecule has 0 aliphatic heterocycles. The normalized spacial score (nSPS) is 12.3. The Morgan fingerprint density at radius 1 is 1.22 bits per heavy atom. The molecule has 1 atom stereocenters. The minimum Gasteiger partial charge on any atom is -0.493 e. The van der Waals surface area contributed by atoms with Gasteiger partial charge in [0.1, 0.15) is 0 Å². The zero-order chi connectivity index (χ0) is 17.5. The van der Waals surface area contributed by atoms with E-state index in [0.717, 1.165) is 6.42 Å². The highest BCUT2D eigenvalue weighted by molar-refractivity contribution is 7.91. The molecular formula is C15H24N2O5S. The van der Waals surface area contributed by atoms with Crippen LogP contribution in [0.25, 0.3) is 0 Å². The number of nitrogens with one attached hydrogen (secondary N) is 2. The van der Waals surface area contributed by atoms with Crippen molar-refractivity contribution in [3.63, 3.8) is 0 Å². The SMILES string of the molecule is CCC(C)NC(=O)NCCS(=O)(=O)c1ccc(OC)c(OC)c1. The second-order valence-electron chi connectivity index (χ2n) is 5.05. The van der Waals surface area contributed by atoms with Crippen LogP contribution < -0.4 is 20.1 Å². The molecule has 0 saturated heterocycles. The van der Waals surface area contributed by atoms with Crippen LogP contribution >= 0.6 is 0 Å². The van der Waals surface area contributed by atoms with Gasteiger partial charge in [-0.3, -0.25) is 0 Å². The summed E-state index contributed by atoms with van der Waals surface area (Å²) in [6, 6.07) is 4.07. The second kappa shape index (κ2) is 8.61. The summed E-state index contributed by atoms with van der Waals surface area (Å²) in [4.78, 5) is 11.7. The number of hydrogen-bond donors (Lipinski definition) is 2. The van der Waals surface area contributed by atoms with E-state index in [1.807, 2.05) is 13.8 Å². The number of carbonyl (C=O) groups excluding carboxylic acids is 1. The van der Waals surface area contributed by atoms with E-state index in [1.165, 1.54) is 32.4 Å². The van der Waals surface area contributed by atoms with Crippen LogP contribution in [-0.4, -0.2) is 47.0 Å². The monoisotopic (exact) mass is 344 g/mol. The van der Waals surface area contributed by atoms with Crippen molar-refractivity contribution < 1.29 is 22.7 Å². The minimum atomic E-state index is -3.53. The van der Waals surface area contributed by atoms with Crippen molar-refractivity contribution in [1.82, 2.24) is 10.6 Å². The molecule has 130 valence electrons. The summed E-state index contributed by atoms with van der Waals surface area (Å²) >= 11 is 0. The Balaban J connectivity index is 2.68. The molecule has 0 fully saturated rings. The molecule has 1 aromatic carbocycles. The molecule has 0 saturated carbocycles. The second-order valence-corrected chi connectivity index (χ2v) is 7.15. The Morgan fingerprint density at radius 3 is 2.43 bits per heavy atom. The Kier molecular flexibility index (Phi) is 7.15. The summed E-state index contributed by atoms with van der Waals surface area (Å²) in [5, 5.41) is 5.25. The summed E-state index contributed by atoms with van der Waals surface area (Å²) < 4.78 is 34.8. The Labute approximate surface area is 137 Å². The average Bonchev–Trinajstić information content (AvgIpc) is 2.53. The van der Waals surface area contributed by atoms with E-state index < -0.39 is 9.84 Å². The molecule has 0 spiro atoms. The molecule has 8 heteroatoms. The number of methoxy groups -OCH3 is 2. The fraction of sp³-hybridized carbons (Fsp3) is 0.533. The smallest absolute Gasteiger partial charge is 0.315 e. The zero-order valence-corrected chi connectivity index (χ0v) is 14.7. The Bertz CT molecular complexity index is 631. The van der Waals surface area contributed by atoms with Gasteiger partial charge >= 0.3 is 6.03 Å². The van der Waals surface area contributed by atoms with Gasteiger partial charge in [-0.05, 0) is 25.5 Å². The number of rotatable bonds is 8. The molecular weight excluding hydrogens is 320 g/mol. The van der Waals surface area contributed by atoms with E-state index in [1.54, 1.807) is 0 Å². The van der Waals surface area contributed by atoms with E-state index in [-0.39, 0.29) is 29.3 Å². The number of sulfone groups is 1. The van der Waals surface area contributed by atoms with Crippen molar-refractivity contribution in [1.29, 1.82) is 0 Å². The van der Waals surface area contributed by atoms with Crippen LogP contribution in [0.5, 0.6) is 11.5 Å². The first-order valence-corrected chi connectivity index (χ1v) is 8.98. The van der Waals surface area contributed by atoms with Gasteiger partial charge in [0.15, 0.2) is 21.3 Å². The van der Waals surface area contributed by atoms with Crippen LogP contribution in [0.3, 0.4) is 0 Å². The maximum absolute atomic E-state index is 12.3. The summed E-state index contributed by atoms with van der Waals surface area (Å²) in [7, 11) is -0.608. The molecule has 2 N–H and O–H groups in total. The molecule has 7 nitrogen and oxygen atoms in total. The van der Waals surface area contributed by atoms with E-state index in [2.05, 4.69) is 10.6 Å². The highest BCUT2D eigenvalue weighted by Crippen LogP contribution is 2.29. The van der Waals surface area contributed by atoms with Gasteiger partial charge in [0, 0.05) is 18.7 Å². The topological polar surface area (TPSA) is 93.7 Å². The number of carbonyl (C=O) groups is 1. The van der Waals surface area contributed by atoms with Crippen LogP contribution in [0, 0.1) is 0 Å². The maximum Gasteiger partial charge on any atom is 0.315 e. The zero-order valence-electron chi connectivity index (χ0n) is 13.9. The first-order chi connectivity index (χ1) is 10.8. The van der Waals surface area contributed by atoms with Crippen LogP contribution in [0.4, 0.5) is 4.79 Å². The largest absolute Gasteiger partial charge is 0.493 e. The lowest BCUT2D eigenvalue weighted by Crippen LogP contribution is -2.42. The number of amides is 2. The van der Waals surface area contributed by atoms with Gasteiger partial charge in [0.25, 0.3) is 0 Å². The number of hydrogen-bond acceptors (Lipinski definition) is 5. The van der Waals surface area contributed by atoms with Gasteiger partial charge in [-0.25, -0.2) is 13.2 Å². The van der Waals surface area contributed by atoms with Crippen LogP contribution in [0.2, 0.25) is 0 Å². The molecule has 0 aromatic heterocycles. The third kappa shape index (κ3) is 5.63. The van der Waals surface area contributed by atoms with E-state index in [9.17, 15) is 13.2 Å². The van der Waals surface area contributed by atoms with Gasteiger partial charge in [0.2, 0.25) is 0 Å². The minimum absolute atomic E-state index is 0.0267. The van der Waals surface area contributed by atoms with E-state index in [0.29, 0.717) is 11.5 Å². The van der Waals surface area contributed by atoms with Crippen molar-refractivity contribution in [3.8, 4) is 11.5 Å². The van der Waals surface area contributed by atoms with Gasteiger partial charge < -0.3 is 20.1 Å². The van der Waals surface area contributed by atoms with Crippen molar-refractivity contribution in [2.75, 3.05) is 26.5 Å². The highest BCUT2D eigenvalue weighted by Gasteiger charge is 2.17. The standard InChI is InChI=1S/C15H24N2O5S/c1-5-11(2)17-15(18)16-8-9-23(19,20)12-6-7-13(21-3)14(10-12)22-4/h6-7,10-11H,5,8-9H2,1-4H3,(H2,16,17,18). The fourth-order valence-corrected chi connectivity index (χ4v) is 2.97. The van der Waals surface area contributed by atoms with Crippen LogP contribution in [-0.2, 0) is 9.84 Å². The van der Waals surface area contributed by atoms with Gasteiger partial charge in [-0.15, -0.1) is 0 Å². The Hall–Kier alpha value is -1.96. The first-order valence-electron chi connectivity index (χ1n) is 7.33.